The molecular formula is C11H16O5S2. The van der Waals surface area contributed by atoms with Gasteiger partial charge < -0.3 is 9.47 Å². The van der Waals surface area contributed by atoms with Crippen LogP contribution in [0.15, 0.2) is 12.1 Å². The van der Waals surface area contributed by atoms with E-state index in [0.717, 1.165) is 22.4 Å². The molecule has 2 rings (SSSR count). The zero-order valence-corrected chi connectivity index (χ0v) is 12.0. The van der Waals surface area contributed by atoms with E-state index in [1.54, 1.807) is 0 Å². The molecule has 0 N–H and O–H groups in total. The van der Waals surface area contributed by atoms with Crippen LogP contribution in [0.1, 0.15) is 23.1 Å². The minimum absolute atomic E-state index is 0.0588. The van der Waals surface area contributed by atoms with Crippen molar-refractivity contribution in [2.75, 3.05) is 19.5 Å². The molecule has 7 heteroatoms. The fourth-order valence-corrected chi connectivity index (χ4v) is 3.31. The largest absolute Gasteiger partial charge is 0.343 e. The van der Waals surface area contributed by atoms with E-state index in [0.29, 0.717) is 13.2 Å². The summed E-state index contributed by atoms with van der Waals surface area (Å²) in [4.78, 5) is 1.79. The summed E-state index contributed by atoms with van der Waals surface area (Å²) < 4.78 is 37.9. The Morgan fingerprint density at radius 1 is 1.39 bits per heavy atom. The van der Waals surface area contributed by atoms with Crippen molar-refractivity contribution in [2.45, 2.75) is 25.7 Å². The summed E-state index contributed by atoms with van der Waals surface area (Å²) in [6.45, 7) is 3.23. The van der Waals surface area contributed by atoms with Gasteiger partial charge in [-0.15, -0.1) is 11.3 Å². The highest BCUT2D eigenvalue weighted by Gasteiger charge is 2.38. The second-order valence-electron chi connectivity index (χ2n) is 4.04. The average molecular weight is 292 g/mol. The molecule has 2 heterocycles. The van der Waals surface area contributed by atoms with E-state index in [1.165, 1.54) is 11.3 Å². The summed E-state index contributed by atoms with van der Waals surface area (Å²) in [5.74, 6) is -0.659. The van der Waals surface area contributed by atoms with Crippen LogP contribution in [0.2, 0.25) is 0 Å². The van der Waals surface area contributed by atoms with Crippen molar-refractivity contribution in [1.29, 1.82) is 0 Å². The van der Waals surface area contributed by atoms with Crippen LogP contribution in [0.5, 0.6) is 0 Å². The predicted molar refractivity (Wildman–Crippen MR) is 67.8 cm³/mol. The lowest BCUT2D eigenvalue weighted by Crippen LogP contribution is -2.24. The van der Waals surface area contributed by atoms with Gasteiger partial charge in [0.15, 0.2) is 0 Å². The van der Waals surface area contributed by atoms with Crippen molar-refractivity contribution in [3.05, 3.63) is 21.9 Å². The molecule has 0 saturated carbocycles. The summed E-state index contributed by atoms with van der Waals surface area (Å²) in [6, 6.07) is 3.74. The molecular weight excluding hydrogens is 276 g/mol. The standard InChI is InChI=1S/C11H16O5S2/c1-3-11(14-6-7-15-11)10-5-4-9(17-10)8-16-18(2,12)13/h4-5H,3,6-8H2,1-2H3. The van der Waals surface area contributed by atoms with Crippen molar-refractivity contribution in [2.24, 2.45) is 0 Å². The van der Waals surface area contributed by atoms with Crippen molar-refractivity contribution in [3.63, 3.8) is 0 Å². The summed E-state index contributed by atoms with van der Waals surface area (Å²) >= 11 is 1.45. The molecule has 0 atom stereocenters. The summed E-state index contributed by atoms with van der Waals surface area (Å²) in [7, 11) is -3.41. The topological polar surface area (TPSA) is 61.8 Å². The lowest BCUT2D eigenvalue weighted by molar-refractivity contribution is -0.164. The van der Waals surface area contributed by atoms with Gasteiger partial charge in [-0.2, -0.15) is 8.42 Å². The lowest BCUT2D eigenvalue weighted by atomic mass is 10.2. The van der Waals surface area contributed by atoms with Crippen LogP contribution in [0.25, 0.3) is 0 Å². The van der Waals surface area contributed by atoms with Crippen molar-refractivity contribution < 1.29 is 22.1 Å². The van der Waals surface area contributed by atoms with E-state index in [4.69, 9.17) is 13.7 Å². The third-order valence-corrected chi connectivity index (χ3v) is 4.40. The second kappa shape index (κ2) is 5.26. The monoisotopic (exact) mass is 292 g/mol. The van der Waals surface area contributed by atoms with Gasteiger partial charge >= 0.3 is 0 Å². The average Bonchev–Trinajstić information content (AvgIpc) is 2.95. The first kappa shape index (κ1) is 14.0. The Morgan fingerprint density at radius 3 is 2.61 bits per heavy atom. The van der Waals surface area contributed by atoms with Gasteiger partial charge in [-0.3, -0.25) is 4.18 Å². The van der Waals surface area contributed by atoms with Gasteiger partial charge in [0.2, 0.25) is 5.79 Å². The third kappa shape index (κ3) is 3.10. The summed E-state index contributed by atoms with van der Waals surface area (Å²) in [6.07, 6.45) is 1.76. The van der Waals surface area contributed by atoms with Crippen LogP contribution < -0.4 is 0 Å². The first-order chi connectivity index (χ1) is 8.45. The van der Waals surface area contributed by atoms with Crippen LogP contribution in [0, 0.1) is 0 Å². The normalized spacial score (nSPS) is 19.2. The first-order valence-electron chi connectivity index (χ1n) is 5.67. The molecule has 1 aliphatic rings. The van der Waals surface area contributed by atoms with Crippen LogP contribution in [0.4, 0.5) is 0 Å². The molecule has 0 aromatic carbocycles. The molecule has 1 aliphatic heterocycles. The lowest BCUT2D eigenvalue weighted by Gasteiger charge is -2.24. The van der Waals surface area contributed by atoms with E-state index in [9.17, 15) is 8.42 Å². The van der Waals surface area contributed by atoms with Crippen molar-refractivity contribution in [1.82, 2.24) is 0 Å². The molecule has 0 bridgehead atoms. The summed E-state index contributed by atoms with van der Waals surface area (Å²) in [5.41, 5.74) is 0. The van der Waals surface area contributed by atoms with E-state index in [2.05, 4.69) is 0 Å². The Bertz CT molecular complexity index is 499. The molecule has 18 heavy (non-hydrogen) atoms. The van der Waals surface area contributed by atoms with Gasteiger partial charge in [0, 0.05) is 11.3 Å². The Hall–Kier alpha value is -0.470. The van der Waals surface area contributed by atoms with Crippen LogP contribution >= 0.6 is 11.3 Å². The Labute approximate surface area is 111 Å². The minimum Gasteiger partial charge on any atom is -0.343 e. The maximum Gasteiger partial charge on any atom is 0.264 e. The Morgan fingerprint density at radius 2 is 2.06 bits per heavy atom. The smallest absolute Gasteiger partial charge is 0.264 e. The minimum atomic E-state index is -3.41. The van der Waals surface area contributed by atoms with Gasteiger partial charge in [0.25, 0.3) is 10.1 Å². The highest BCUT2D eigenvalue weighted by molar-refractivity contribution is 7.85. The predicted octanol–water partition coefficient (Wildman–Crippen LogP) is 1.83. The molecule has 1 saturated heterocycles. The number of ether oxygens (including phenoxy) is 2. The molecule has 1 aromatic rings. The molecule has 1 fully saturated rings. The van der Waals surface area contributed by atoms with E-state index in [1.807, 2.05) is 19.1 Å². The van der Waals surface area contributed by atoms with Crippen LogP contribution in [-0.2, 0) is 36.2 Å². The van der Waals surface area contributed by atoms with Gasteiger partial charge in [-0.05, 0) is 12.1 Å². The highest BCUT2D eigenvalue weighted by atomic mass is 32.2. The number of rotatable bonds is 5. The fraction of sp³-hybridized carbons (Fsp3) is 0.636. The Balaban J connectivity index is 2.10. The van der Waals surface area contributed by atoms with Crippen LogP contribution in [-0.4, -0.2) is 27.9 Å². The highest BCUT2D eigenvalue weighted by Crippen LogP contribution is 2.38. The molecule has 0 spiro atoms. The van der Waals surface area contributed by atoms with Gasteiger partial charge in [-0.25, -0.2) is 0 Å². The van der Waals surface area contributed by atoms with Gasteiger partial charge in [-0.1, -0.05) is 6.92 Å². The number of hydrogen-bond donors (Lipinski definition) is 0. The second-order valence-corrected chi connectivity index (χ2v) is 6.85. The van der Waals surface area contributed by atoms with E-state index in [-0.39, 0.29) is 6.61 Å². The van der Waals surface area contributed by atoms with Crippen LogP contribution in [0.3, 0.4) is 0 Å². The molecule has 0 amide bonds. The first-order valence-corrected chi connectivity index (χ1v) is 8.30. The molecule has 0 aliphatic carbocycles. The maximum absolute atomic E-state index is 10.9. The summed E-state index contributed by atoms with van der Waals surface area (Å²) in [5, 5.41) is 0. The zero-order chi connectivity index (χ0) is 13.2. The molecule has 5 nitrogen and oxygen atoms in total. The SMILES string of the molecule is CCC1(c2ccc(COS(C)(=O)=O)s2)OCCO1. The van der Waals surface area contributed by atoms with E-state index >= 15 is 0 Å². The quantitative estimate of drug-likeness (QED) is 0.775. The van der Waals surface area contributed by atoms with Crippen molar-refractivity contribution >= 4 is 21.5 Å². The van der Waals surface area contributed by atoms with E-state index < -0.39 is 15.9 Å². The number of thiophene rings is 1. The molecule has 102 valence electrons. The molecule has 0 unspecified atom stereocenters. The maximum atomic E-state index is 10.9. The number of hydrogen-bond acceptors (Lipinski definition) is 6. The Kier molecular flexibility index (Phi) is 4.08. The zero-order valence-electron chi connectivity index (χ0n) is 10.3. The molecule has 1 aromatic heterocycles. The third-order valence-electron chi connectivity index (χ3n) is 2.67. The molecule has 0 radical (unpaired) electrons. The van der Waals surface area contributed by atoms with Gasteiger partial charge in [0.1, 0.15) is 6.61 Å². The fourth-order valence-electron chi connectivity index (χ4n) is 1.80. The van der Waals surface area contributed by atoms with Gasteiger partial charge in [0.05, 0.1) is 24.3 Å². The van der Waals surface area contributed by atoms with Crippen molar-refractivity contribution in [3.8, 4) is 0 Å².